The molecule has 0 aromatic heterocycles. The first kappa shape index (κ1) is 19.3. The van der Waals surface area contributed by atoms with Gasteiger partial charge in [0.25, 0.3) is 0 Å². The Morgan fingerprint density at radius 1 is 0.696 bits per heavy atom. The Kier molecular flexibility index (Phi) is 5.92. The third-order valence-electron chi connectivity index (χ3n) is 6.60. The van der Waals surface area contributed by atoms with Gasteiger partial charge in [0.05, 0.1) is 12.2 Å². The molecule has 1 nitrogen and oxygen atoms in total. The summed E-state index contributed by atoms with van der Waals surface area (Å²) in [7, 11) is 0. The van der Waals surface area contributed by atoms with Crippen molar-refractivity contribution in [3.63, 3.8) is 0 Å². The first-order valence-electron chi connectivity index (χ1n) is 10.1. The van der Waals surface area contributed by atoms with Crippen LogP contribution in [0.2, 0.25) is 0 Å². The molecule has 0 aliphatic heterocycles. The summed E-state index contributed by atoms with van der Waals surface area (Å²) < 4.78 is 6.61. The van der Waals surface area contributed by atoms with Gasteiger partial charge in [0, 0.05) is 0 Å². The largest absolute Gasteiger partial charge is 0.375 e. The normalized spacial score (nSPS) is 39.7. The van der Waals surface area contributed by atoms with Crippen LogP contribution in [0.5, 0.6) is 0 Å². The van der Waals surface area contributed by atoms with Gasteiger partial charge in [-0.15, -0.1) is 0 Å². The van der Waals surface area contributed by atoms with E-state index in [0.717, 1.165) is 23.7 Å². The van der Waals surface area contributed by atoms with Crippen molar-refractivity contribution in [3.8, 4) is 0 Å². The van der Waals surface area contributed by atoms with E-state index >= 15 is 0 Å². The predicted molar refractivity (Wildman–Crippen MR) is 101 cm³/mol. The molecule has 23 heavy (non-hydrogen) atoms. The third kappa shape index (κ3) is 5.48. The lowest BCUT2D eigenvalue weighted by Gasteiger charge is -2.44. The lowest BCUT2D eigenvalue weighted by Crippen LogP contribution is -2.39. The summed E-state index contributed by atoms with van der Waals surface area (Å²) in [4.78, 5) is 0. The van der Waals surface area contributed by atoms with Gasteiger partial charge in [0.1, 0.15) is 0 Å². The zero-order valence-corrected chi connectivity index (χ0v) is 17.1. The molecule has 0 amide bonds. The summed E-state index contributed by atoms with van der Waals surface area (Å²) in [5.74, 6) is 3.17. The third-order valence-corrected chi connectivity index (χ3v) is 6.60. The Balaban J connectivity index is 1.92. The topological polar surface area (TPSA) is 9.23 Å². The molecule has 136 valence electrons. The van der Waals surface area contributed by atoms with Crippen LogP contribution in [0.3, 0.4) is 0 Å². The number of rotatable bonds is 4. The molecule has 0 radical (unpaired) electrons. The van der Waals surface area contributed by atoms with Crippen LogP contribution in [0.15, 0.2) is 0 Å². The average Bonchev–Trinajstić information content (AvgIpc) is 2.33. The van der Waals surface area contributed by atoms with E-state index < -0.39 is 0 Å². The van der Waals surface area contributed by atoms with Gasteiger partial charge in [-0.3, -0.25) is 0 Å². The van der Waals surface area contributed by atoms with Crippen molar-refractivity contribution in [2.45, 2.75) is 106 Å². The summed E-state index contributed by atoms with van der Waals surface area (Å²) in [6.45, 7) is 19.3. The molecular weight excluding hydrogens is 280 g/mol. The van der Waals surface area contributed by atoms with Gasteiger partial charge < -0.3 is 4.74 Å². The molecule has 0 bridgehead atoms. The van der Waals surface area contributed by atoms with Gasteiger partial charge in [-0.2, -0.15) is 0 Å². The highest BCUT2D eigenvalue weighted by Gasteiger charge is 2.38. The van der Waals surface area contributed by atoms with Crippen molar-refractivity contribution in [2.75, 3.05) is 0 Å². The molecule has 2 saturated carbocycles. The van der Waals surface area contributed by atoms with Crippen LogP contribution in [0, 0.1) is 34.5 Å². The zero-order chi connectivity index (χ0) is 17.4. The molecule has 6 atom stereocenters. The first-order valence-corrected chi connectivity index (χ1v) is 10.1. The van der Waals surface area contributed by atoms with Crippen LogP contribution in [0.1, 0.15) is 93.9 Å². The molecule has 0 aromatic rings. The molecule has 0 spiro atoms. The maximum Gasteiger partial charge on any atom is 0.0579 e. The van der Waals surface area contributed by atoms with Gasteiger partial charge in [-0.05, 0) is 86.9 Å². The fourth-order valence-electron chi connectivity index (χ4n) is 6.12. The minimum Gasteiger partial charge on any atom is -0.375 e. The van der Waals surface area contributed by atoms with Gasteiger partial charge in [0.2, 0.25) is 0 Å². The van der Waals surface area contributed by atoms with Crippen LogP contribution < -0.4 is 0 Å². The summed E-state index contributed by atoms with van der Waals surface area (Å²) in [6, 6.07) is 0. The summed E-state index contributed by atoms with van der Waals surface area (Å²) in [5.41, 5.74) is 0.981. The maximum absolute atomic E-state index is 6.61. The summed E-state index contributed by atoms with van der Waals surface area (Å²) in [6.07, 6.45) is 8.93. The predicted octanol–water partition coefficient (Wildman–Crippen LogP) is 6.70. The van der Waals surface area contributed by atoms with Crippen LogP contribution in [0.4, 0.5) is 0 Å². The average molecular weight is 323 g/mol. The smallest absolute Gasteiger partial charge is 0.0579 e. The van der Waals surface area contributed by atoms with Crippen molar-refractivity contribution >= 4 is 0 Å². The van der Waals surface area contributed by atoms with E-state index in [0.29, 0.717) is 23.0 Å². The molecule has 2 aliphatic carbocycles. The second kappa shape index (κ2) is 7.06. The van der Waals surface area contributed by atoms with Crippen molar-refractivity contribution in [2.24, 2.45) is 34.5 Å². The minimum atomic E-state index is 0.410. The van der Waals surface area contributed by atoms with Gasteiger partial charge in [-0.25, -0.2) is 0 Å². The molecule has 0 saturated heterocycles. The monoisotopic (exact) mass is 322 g/mol. The molecule has 2 rings (SSSR count). The Morgan fingerprint density at radius 3 is 1.35 bits per heavy atom. The van der Waals surface area contributed by atoms with E-state index in [1.54, 1.807) is 0 Å². The molecular formula is C22H42O. The van der Waals surface area contributed by atoms with E-state index in [9.17, 15) is 0 Å². The molecule has 1 heteroatoms. The number of hydrogen-bond donors (Lipinski definition) is 0. The van der Waals surface area contributed by atoms with Gasteiger partial charge in [-0.1, -0.05) is 41.5 Å². The highest BCUT2D eigenvalue weighted by Crippen LogP contribution is 2.46. The summed E-state index contributed by atoms with van der Waals surface area (Å²) >= 11 is 0. The van der Waals surface area contributed by atoms with E-state index in [1.807, 2.05) is 0 Å². The lowest BCUT2D eigenvalue weighted by molar-refractivity contribution is -0.0891. The Hall–Kier alpha value is -0.0400. The first-order chi connectivity index (χ1) is 10.5. The fourth-order valence-corrected chi connectivity index (χ4v) is 6.12. The SMILES string of the molecule is CC1CC(C(C)OC(C)C2CC(C)CC(C)(C)C2)CC(C)(C)C1. The molecule has 2 fully saturated rings. The highest BCUT2D eigenvalue weighted by molar-refractivity contribution is 4.88. The van der Waals surface area contributed by atoms with Crippen molar-refractivity contribution < 1.29 is 4.74 Å². The second-order valence-electron chi connectivity index (χ2n) is 10.9. The number of ether oxygens (including phenoxy) is 1. The van der Waals surface area contributed by atoms with Crippen molar-refractivity contribution in [1.29, 1.82) is 0 Å². The Bertz CT molecular complexity index is 347. The van der Waals surface area contributed by atoms with Crippen LogP contribution in [0.25, 0.3) is 0 Å². The Labute approximate surface area is 146 Å². The Morgan fingerprint density at radius 2 is 1.04 bits per heavy atom. The number of hydrogen-bond acceptors (Lipinski definition) is 1. The van der Waals surface area contributed by atoms with E-state index in [2.05, 4.69) is 55.4 Å². The standard InChI is InChI=1S/C22H42O/c1-15-9-19(13-21(5,6)11-15)17(3)23-18(4)20-10-16(2)12-22(7,8)14-20/h15-20H,9-14H2,1-8H3. The fraction of sp³-hybridized carbons (Fsp3) is 1.00. The molecule has 2 aliphatic rings. The molecule has 0 heterocycles. The van der Waals surface area contributed by atoms with Crippen molar-refractivity contribution in [3.05, 3.63) is 0 Å². The molecule has 0 N–H and O–H groups in total. The van der Waals surface area contributed by atoms with Crippen LogP contribution in [-0.2, 0) is 4.74 Å². The highest BCUT2D eigenvalue weighted by atomic mass is 16.5. The molecule has 6 unspecified atom stereocenters. The van der Waals surface area contributed by atoms with E-state index in [-0.39, 0.29) is 0 Å². The lowest BCUT2D eigenvalue weighted by atomic mass is 9.66. The van der Waals surface area contributed by atoms with Crippen LogP contribution >= 0.6 is 0 Å². The zero-order valence-electron chi connectivity index (χ0n) is 17.1. The van der Waals surface area contributed by atoms with E-state index in [1.165, 1.54) is 38.5 Å². The molecule has 0 aromatic carbocycles. The second-order valence-corrected chi connectivity index (χ2v) is 10.9. The van der Waals surface area contributed by atoms with Gasteiger partial charge >= 0.3 is 0 Å². The quantitative estimate of drug-likeness (QED) is 0.559. The summed E-state index contributed by atoms with van der Waals surface area (Å²) in [5, 5.41) is 0. The van der Waals surface area contributed by atoms with Crippen molar-refractivity contribution in [1.82, 2.24) is 0 Å². The maximum atomic E-state index is 6.61. The van der Waals surface area contributed by atoms with Gasteiger partial charge in [0.15, 0.2) is 0 Å². The van der Waals surface area contributed by atoms with E-state index in [4.69, 9.17) is 4.74 Å². The van der Waals surface area contributed by atoms with Crippen LogP contribution in [-0.4, -0.2) is 12.2 Å². The minimum absolute atomic E-state index is 0.410.